The monoisotopic (exact) mass is 343 g/mol. The molecule has 0 aliphatic heterocycles. The van der Waals surface area contributed by atoms with Gasteiger partial charge in [0, 0.05) is 4.47 Å². The van der Waals surface area contributed by atoms with Gasteiger partial charge < -0.3 is 26.7 Å². The van der Waals surface area contributed by atoms with Crippen molar-refractivity contribution in [3.8, 4) is 5.75 Å². The van der Waals surface area contributed by atoms with Gasteiger partial charge in [0.1, 0.15) is 11.3 Å². The Bertz CT molecular complexity index is 582. The number of hydrogen-bond acceptors (Lipinski definition) is 4. The highest BCUT2D eigenvalue weighted by Gasteiger charge is 2.18. The Morgan fingerprint density at radius 2 is 1.90 bits per heavy atom. The average molecular weight is 344 g/mol. The second kappa shape index (κ2) is 6.75. The summed E-state index contributed by atoms with van der Waals surface area (Å²) in [7, 11) is 2.66. The first-order chi connectivity index (χ1) is 9.38. The number of guanidine groups is 2. The van der Waals surface area contributed by atoms with Crippen LogP contribution in [0.1, 0.15) is 10.4 Å². The fourth-order valence-electron chi connectivity index (χ4n) is 1.42. The lowest BCUT2D eigenvalue weighted by Gasteiger charge is -2.10. The summed E-state index contributed by atoms with van der Waals surface area (Å²) in [6.07, 6.45) is 0. The Hall–Kier alpha value is -2.29. The fraction of sp³-hybridized carbons (Fsp3) is 0.182. The standard InChI is InChI=1S/C11H14BrN5O3/c1-19-8-6(9(18)20-2)3-5(12)4-7(8)16-11(15)17-10(13)14/h3-4H,1-2H3,(H6,13,14,15,16,17). The molecule has 0 aliphatic rings. The molecule has 0 aliphatic carbocycles. The third-order valence-electron chi connectivity index (χ3n) is 2.12. The molecule has 0 fully saturated rings. The second-order valence-electron chi connectivity index (χ2n) is 3.50. The van der Waals surface area contributed by atoms with Crippen LogP contribution in [-0.4, -0.2) is 32.1 Å². The molecule has 0 heterocycles. The first-order valence-electron chi connectivity index (χ1n) is 5.28. The van der Waals surface area contributed by atoms with E-state index in [1.807, 2.05) is 0 Å². The molecule has 0 amide bonds. The number of benzene rings is 1. The van der Waals surface area contributed by atoms with Crippen LogP contribution < -0.4 is 21.9 Å². The van der Waals surface area contributed by atoms with Crippen molar-refractivity contribution >= 4 is 39.5 Å². The molecule has 0 radical (unpaired) electrons. The molecule has 0 atom stereocenters. The van der Waals surface area contributed by atoms with Crippen LogP contribution in [0.3, 0.4) is 0 Å². The molecule has 0 unspecified atom stereocenters. The molecule has 6 N–H and O–H groups in total. The maximum atomic E-state index is 11.7. The molecule has 0 bridgehead atoms. The molecule has 0 saturated heterocycles. The summed E-state index contributed by atoms with van der Waals surface area (Å²) in [6, 6.07) is 3.14. The minimum atomic E-state index is -0.569. The van der Waals surface area contributed by atoms with E-state index in [1.54, 1.807) is 12.1 Å². The topological polar surface area (TPSA) is 138 Å². The number of aliphatic imine (C=N–C) groups is 2. The molecule has 9 heteroatoms. The number of ether oxygens (including phenoxy) is 2. The van der Waals surface area contributed by atoms with Gasteiger partial charge in [0.15, 0.2) is 11.7 Å². The van der Waals surface area contributed by atoms with Gasteiger partial charge in [0.05, 0.1) is 14.2 Å². The molecule has 0 saturated carbocycles. The summed E-state index contributed by atoms with van der Waals surface area (Å²) < 4.78 is 10.4. The normalized spacial score (nSPS) is 10.8. The Labute approximate surface area is 123 Å². The summed E-state index contributed by atoms with van der Waals surface area (Å²) >= 11 is 3.26. The lowest BCUT2D eigenvalue weighted by atomic mass is 10.1. The summed E-state index contributed by atoms with van der Waals surface area (Å²) in [4.78, 5) is 19.3. The number of esters is 1. The average Bonchev–Trinajstić information content (AvgIpc) is 2.36. The van der Waals surface area contributed by atoms with E-state index in [2.05, 4.69) is 30.7 Å². The lowest BCUT2D eigenvalue weighted by molar-refractivity contribution is 0.0597. The molecular formula is C11H14BrN5O3. The van der Waals surface area contributed by atoms with Crippen LogP contribution in [-0.2, 0) is 4.74 Å². The molecule has 0 spiro atoms. The summed E-state index contributed by atoms with van der Waals surface area (Å²) in [5.41, 5.74) is 16.4. The summed E-state index contributed by atoms with van der Waals surface area (Å²) in [6.45, 7) is 0. The number of carbonyl (C=O) groups excluding carboxylic acids is 1. The van der Waals surface area contributed by atoms with Crippen molar-refractivity contribution in [1.29, 1.82) is 0 Å². The van der Waals surface area contributed by atoms with Crippen LogP contribution in [0.4, 0.5) is 5.69 Å². The van der Waals surface area contributed by atoms with Gasteiger partial charge in [-0.2, -0.15) is 4.99 Å². The summed E-state index contributed by atoms with van der Waals surface area (Å²) in [5, 5.41) is 0. The Morgan fingerprint density at radius 3 is 2.40 bits per heavy atom. The second-order valence-corrected chi connectivity index (χ2v) is 4.42. The first-order valence-corrected chi connectivity index (χ1v) is 6.08. The predicted molar refractivity (Wildman–Crippen MR) is 79.1 cm³/mol. The third-order valence-corrected chi connectivity index (χ3v) is 2.58. The maximum Gasteiger partial charge on any atom is 0.341 e. The number of methoxy groups -OCH3 is 2. The largest absolute Gasteiger partial charge is 0.494 e. The highest BCUT2D eigenvalue weighted by atomic mass is 79.9. The molecule has 108 valence electrons. The van der Waals surface area contributed by atoms with Crippen molar-refractivity contribution in [2.24, 2.45) is 27.2 Å². The van der Waals surface area contributed by atoms with Crippen LogP contribution in [0, 0.1) is 0 Å². The van der Waals surface area contributed by atoms with E-state index in [1.165, 1.54) is 14.2 Å². The number of halogens is 1. The van der Waals surface area contributed by atoms with Crippen molar-refractivity contribution in [3.63, 3.8) is 0 Å². The van der Waals surface area contributed by atoms with E-state index in [0.717, 1.165) is 0 Å². The van der Waals surface area contributed by atoms with Crippen LogP contribution in [0.5, 0.6) is 5.75 Å². The zero-order valence-electron chi connectivity index (χ0n) is 10.9. The van der Waals surface area contributed by atoms with Gasteiger partial charge in [0.2, 0.25) is 5.96 Å². The van der Waals surface area contributed by atoms with Gasteiger partial charge in [-0.1, -0.05) is 15.9 Å². The van der Waals surface area contributed by atoms with Gasteiger partial charge >= 0.3 is 5.97 Å². The van der Waals surface area contributed by atoms with Crippen molar-refractivity contribution in [3.05, 3.63) is 22.2 Å². The molecule has 1 aromatic carbocycles. The quantitative estimate of drug-likeness (QED) is 0.414. The number of rotatable bonds is 3. The Morgan fingerprint density at radius 1 is 1.25 bits per heavy atom. The van der Waals surface area contributed by atoms with Gasteiger partial charge in [-0.15, -0.1) is 0 Å². The lowest BCUT2D eigenvalue weighted by Crippen LogP contribution is -2.26. The van der Waals surface area contributed by atoms with E-state index in [9.17, 15) is 4.79 Å². The highest BCUT2D eigenvalue weighted by molar-refractivity contribution is 9.10. The van der Waals surface area contributed by atoms with Crippen molar-refractivity contribution in [2.45, 2.75) is 0 Å². The zero-order valence-corrected chi connectivity index (χ0v) is 12.5. The third kappa shape index (κ3) is 3.85. The molecular weight excluding hydrogens is 330 g/mol. The van der Waals surface area contributed by atoms with Crippen LogP contribution in [0.25, 0.3) is 0 Å². The molecule has 20 heavy (non-hydrogen) atoms. The smallest absolute Gasteiger partial charge is 0.341 e. The van der Waals surface area contributed by atoms with Gasteiger partial charge in [-0.3, -0.25) is 0 Å². The van der Waals surface area contributed by atoms with Gasteiger partial charge in [-0.05, 0) is 12.1 Å². The van der Waals surface area contributed by atoms with Crippen LogP contribution >= 0.6 is 15.9 Å². The number of hydrogen-bond donors (Lipinski definition) is 3. The first kappa shape index (κ1) is 15.8. The Balaban J connectivity index is 3.43. The highest BCUT2D eigenvalue weighted by Crippen LogP contribution is 2.35. The molecule has 1 rings (SSSR count). The van der Waals surface area contributed by atoms with Crippen molar-refractivity contribution < 1.29 is 14.3 Å². The molecule has 0 aromatic heterocycles. The number of nitrogens with two attached hydrogens (primary N) is 3. The maximum absolute atomic E-state index is 11.7. The van der Waals surface area contributed by atoms with Gasteiger partial charge in [0.25, 0.3) is 0 Å². The van der Waals surface area contributed by atoms with Crippen molar-refractivity contribution in [2.75, 3.05) is 14.2 Å². The molecule has 8 nitrogen and oxygen atoms in total. The van der Waals surface area contributed by atoms with E-state index in [0.29, 0.717) is 4.47 Å². The summed E-state index contributed by atoms with van der Waals surface area (Å²) in [5.74, 6) is -0.764. The zero-order chi connectivity index (χ0) is 15.3. The number of carbonyl (C=O) groups is 1. The predicted octanol–water partition coefficient (Wildman–Crippen LogP) is 0.464. The minimum absolute atomic E-state index is 0.169. The molecule has 1 aromatic rings. The van der Waals surface area contributed by atoms with E-state index >= 15 is 0 Å². The van der Waals surface area contributed by atoms with E-state index < -0.39 is 5.97 Å². The van der Waals surface area contributed by atoms with Crippen LogP contribution in [0.15, 0.2) is 26.6 Å². The minimum Gasteiger partial charge on any atom is -0.494 e. The number of nitrogens with zero attached hydrogens (tertiary/aromatic N) is 2. The van der Waals surface area contributed by atoms with E-state index in [-0.39, 0.29) is 28.9 Å². The Kier molecular flexibility index (Phi) is 5.32. The van der Waals surface area contributed by atoms with E-state index in [4.69, 9.17) is 21.9 Å². The van der Waals surface area contributed by atoms with Crippen LogP contribution in [0.2, 0.25) is 0 Å². The van der Waals surface area contributed by atoms with Crippen molar-refractivity contribution in [1.82, 2.24) is 0 Å². The fourth-order valence-corrected chi connectivity index (χ4v) is 1.86. The SMILES string of the molecule is COC(=O)c1cc(Br)cc(N=C(N)N=C(N)N)c1OC. The van der Waals surface area contributed by atoms with Gasteiger partial charge in [-0.25, -0.2) is 9.79 Å².